The van der Waals surface area contributed by atoms with Crippen LogP contribution in [0.5, 0.6) is 0 Å². The number of likely N-dealkylation sites (N-methyl/N-ethyl adjacent to an activating group) is 1. The molecule has 0 bridgehead atoms. The van der Waals surface area contributed by atoms with Gasteiger partial charge in [-0.2, -0.15) is 4.65 Å². The lowest BCUT2D eigenvalue weighted by atomic mass is 10.2. The Bertz CT molecular complexity index is 139. The summed E-state index contributed by atoms with van der Waals surface area (Å²) in [5.41, 5.74) is 0. The minimum Gasteiger partial charge on any atom is -0.290 e. The summed E-state index contributed by atoms with van der Waals surface area (Å²) in [5, 5.41) is 0. The summed E-state index contributed by atoms with van der Waals surface area (Å²) >= 11 is 0. The highest BCUT2D eigenvalue weighted by Crippen LogP contribution is 2.11. The third-order valence-corrected chi connectivity index (χ3v) is 2.89. The van der Waals surface area contributed by atoms with E-state index in [1.807, 2.05) is 0 Å². The van der Waals surface area contributed by atoms with Crippen LogP contribution in [0.2, 0.25) is 0 Å². The van der Waals surface area contributed by atoms with Crippen molar-refractivity contribution in [2.45, 2.75) is 19.9 Å². The molecule has 1 aliphatic heterocycles. The summed E-state index contributed by atoms with van der Waals surface area (Å²) in [6, 6.07) is 0.676. The number of hydrogen-bond donors (Lipinski definition) is 0. The van der Waals surface area contributed by atoms with Gasteiger partial charge < -0.3 is 0 Å². The number of piperazine rings is 1. The monoisotopic (exact) mass is 173 g/mol. The minimum absolute atomic E-state index is 0.676. The van der Waals surface area contributed by atoms with Crippen LogP contribution in [0.3, 0.4) is 0 Å². The zero-order valence-electron chi connectivity index (χ0n) is 8.71. The van der Waals surface area contributed by atoms with Crippen LogP contribution in [0.25, 0.3) is 0 Å². The quantitative estimate of drug-likeness (QED) is 0.570. The van der Waals surface area contributed by atoms with Gasteiger partial charge in [-0.1, -0.05) is 0 Å². The van der Waals surface area contributed by atoms with E-state index in [0.717, 1.165) is 30.8 Å². The average Bonchev–Trinajstić information content (AvgIpc) is 2.05. The SMILES string of the molecule is CO[N+]1(C)CCN(C(C)C)CC1. The second-order valence-corrected chi connectivity index (χ2v) is 4.06. The molecule has 0 radical (unpaired) electrons. The van der Waals surface area contributed by atoms with Gasteiger partial charge in [0.1, 0.15) is 13.1 Å². The lowest BCUT2D eigenvalue weighted by molar-refractivity contribution is -1.09. The molecule has 0 atom stereocenters. The van der Waals surface area contributed by atoms with Gasteiger partial charge in [-0.05, 0) is 13.8 Å². The van der Waals surface area contributed by atoms with Crippen molar-refractivity contribution in [2.75, 3.05) is 40.3 Å². The predicted octanol–water partition coefficient (Wildman–Crippen LogP) is 0.718. The minimum atomic E-state index is 0.676. The topological polar surface area (TPSA) is 12.5 Å². The highest BCUT2D eigenvalue weighted by molar-refractivity contribution is 4.65. The Morgan fingerprint density at radius 1 is 1.25 bits per heavy atom. The van der Waals surface area contributed by atoms with E-state index < -0.39 is 0 Å². The molecule has 0 aromatic rings. The Labute approximate surface area is 75.5 Å². The molecule has 1 aliphatic rings. The number of quaternary nitrogens is 1. The molecular formula is C9H21N2O+. The first kappa shape index (κ1) is 9.96. The molecule has 0 amide bonds. The summed E-state index contributed by atoms with van der Waals surface area (Å²) in [5.74, 6) is 0. The van der Waals surface area contributed by atoms with Gasteiger partial charge in [-0.3, -0.25) is 4.90 Å². The van der Waals surface area contributed by atoms with Gasteiger partial charge in [0.2, 0.25) is 0 Å². The molecule has 1 heterocycles. The van der Waals surface area contributed by atoms with Gasteiger partial charge in [0.05, 0.1) is 27.2 Å². The van der Waals surface area contributed by atoms with E-state index in [9.17, 15) is 0 Å². The summed E-state index contributed by atoms with van der Waals surface area (Å²) in [7, 11) is 3.95. The van der Waals surface area contributed by atoms with Crippen molar-refractivity contribution >= 4 is 0 Å². The van der Waals surface area contributed by atoms with Crippen molar-refractivity contribution in [3.63, 3.8) is 0 Å². The molecule has 0 aromatic carbocycles. The largest absolute Gasteiger partial charge is 0.290 e. The number of hydroxylamine groups is 3. The fourth-order valence-electron chi connectivity index (χ4n) is 1.60. The van der Waals surface area contributed by atoms with E-state index in [4.69, 9.17) is 4.84 Å². The molecule has 3 heteroatoms. The second-order valence-electron chi connectivity index (χ2n) is 4.06. The maximum absolute atomic E-state index is 5.42. The highest BCUT2D eigenvalue weighted by Gasteiger charge is 2.30. The summed E-state index contributed by atoms with van der Waals surface area (Å²) in [6.45, 7) is 9.03. The van der Waals surface area contributed by atoms with Crippen molar-refractivity contribution in [3.8, 4) is 0 Å². The molecule has 0 N–H and O–H groups in total. The molecule has 0 saturated carbocycles. The van der Waals surface area contributed by atoms with Crippen LogP contribution in [0.1, 0.15) is 13.8 Å². The maximum atomic E-state index is 5.42. The Morgan fingerprint density at radius 3 is 2.08 bits per heavy atom. The molecule has 0 spiro atoms. The van der Waals surface area contributed by atoms with Gasteiger partial charge in [-0.15, -0.1) is 0 Å². The van der Waals surface area contributed by atoms with Gasteiger partial charge >= 0.3 is 0 Å². The predicted molar refractivity (Wildman–Crippen MR) is 49.6 cm³/mol. The average molecular weight is 173 g/mol. The molecular weight excluding hydrogens is 152 g/mol. The van der Waals surface area contributed by atoms with Crippen molar-refractivity contribution in [1.29, 1.82) is 0 Å². The Kier molecular flexibility index (Phi) is 3.09. The van der Waals surface area contributed by atoms with Crippen LogP contribution in [0, 0.1) is 0 Å². The van der Waals surface area contributed by atoms with Crippen LogP contribution in [0.15, 0.2) is 0 Å². The van der Waals surface area contributed by atoms with E-state index in [0.29, 0.717) is 6.04 Å². The Morgan fingerprint density at radius 2 is 1.75 bits per heavy atom. The fraction of sp³-hybridized carbons (Fsp3) is 1.00. The molecule has 72 valence electrons. The second kappa shape index (κ2) is 3.73. The van der Waals surface area contributed by atoms with Gasteiger partial charge in [-0.25, -0.2) is 4.84 Å². The van der Waals surface area contributed by atoms with Crippen LogP contribution in [-0.2, 0) is 4.84 Å². The van der Waals surface area contributed by atoms with Crippen LogP contribution < -0.4 is 0 Å². The van der Waals surface area contributed by atoms with Gasteiger partial charge in [0.15, 0.2) is 0 Å². The number of rotatable bonds is 2. The van der Waals surface area contributed by atoms with Gasteiger partial charge in [0.25, 0.3) is 0 Å². The van der Waals surface area contributed by atoms with Crippen molar-refractivity contribution in [3.05, 3.63) is 0 Å². The first-order valence-corrected chi connectivity index (χ1v) is 4.72. The molecule has 12 heavy (non-hydrogen) atoms. The molecule has 1 saturated heterocycles. The zero-order valence-corrected chi connectivity index (χ0v) is 8.71. The molecule has 1 rings (SSSR count). The number of hydrogen-bond acceptors (Lipinski definition) is 2. The van der Waals surface area contributed by atoms with E-state index in [1.54, 1.807) is 7.11 Å². The Hall–Kier alpha value is -0.120. The first-order chi connectivity index (χ1) is 5.57. The standard InChI is InChI=1S/C9H21N2O/c1-9(2)10-5-7-11(3,12-4)8-6-10/h9H,5-8H2,1-4H3/q+1. The molecule has 0 aliphatic carbocycles. The molecule has 0 aromatic heterocycles. The van der Waals surface area contributed by atoms with Crippen molar-refractivity contribution in [1.82, 2.24) is 4.90 Å². The lowest BCUT2D eigenvalue weighted by Gasteiger charge is -2.40. The Balaban J connectivity index is 2.39. The van der Waals surface area contributed by atoms with Crippen molar-refractivity contribution in [2.24, 2.45) is 0 Å². The summed E-state index contributed by atoms with van der Waals surface area (Å²) in [6.07, 6.45) is 0. The van der Waals surface area contributed by atoms with Crippen molar-refractivity contribution < 1.29 is 9.48 Å². The zero-order chi connectivity index (χ0) is 9.19. The fourth-order valence-corrected chi connectivity index (χ4v) is 1.60. The van der Waals surface area contributed by atoms with Crippen LogP contribution in [0.4, 0.5) is 0 Å². The number of nitrogens with zero attached hydrogens (tertiary/aromatic N) is 2. The first-order valence-electron chi connectivity index (χ1n) is 4.72. The van der Waals surface area contributed by atoms with E-state index in [1.165, 1.54) is 0 Å². The van der Waals surface area contributed by atoms with E-state index >= 15 is 0 Å². The highest BCUT2D eigenvalue weighted by atomic mass is 16.7. The van der Waals surface area contributed by atoms with E-state index in [-0.39, 0.29) is 0 Å². The normalized spacial score (nSPS) is 24.8. The lowest BCUT2D eigenvalue weighted by Crippen LogP contribution is -2.57. The smallest absolute Gasteiger partial charge is 0.121 e. The van der Waals surface area contributed by atoms with Crippen LogP contribution >= 0.6 is 0 Å². The summed E-state index contributed by atoms with van der Waals surface area (Å²) in [4.78, 5) is 7.92. The third-order valence-electron chi connectivity index (χ3n) is 2.89. The van der Waals surface area contributed by atoms with Crippen LogP contribution in [-0.4, -0.2) is 55.9 Å². The molecule has 0 unspecified atom stereocenters. The summed E-state index contributed by atoms with van der Waals surface area (Å²) < 4.78 is 0.767. The third kappa shape index (κ3) is 2.19. The maximum Gasteiger partial charge on any atom is 0.121 e. The van der Waals surface area contributed by atoms with E-state index in [2.05, 4.69) is 25.8 Å². The molecule has 3 nitrogen and oxygen atoms in total. The van der Waals surface area contributed by atoms with Gasteiger partial charge in [0, 0.05) is 6.04 Å². The molecule has 1 fully saturated rings.